The fraction of sp³-hybridized carbons (Fsp3) is 0.889. The van der Waals surface area contributed by atoms with Gasteiger partial charge in [-0.25, -0.2) is 0 Å². The lowest BCUT2D eigenvalue weighted by Crippen LogP contribution is -2.24. The predicted molar refractivity (Wildman–Crippen MR) is 47.1 cm³/mol. The van der Waals surface area contributed by atoms with Gasteiger partial charge in [0.1, 0.15) is 0 Å². The van der Waals surface area contributed by atoms with E-state index in [4.69, 9.17) is 5.11 Å². The van der Waals surface area contributed by atoms with Gasteiger partial charge < -0.3 is 10.0 Å². The van der Waals surface area contributed by atoms with E-state index in [1.54, 1.807) is 0 Å². The molecule has 3 heteroatoms. The van der Waals surface area contributed by atoms with Gasteiger partial charge >= 0.3 is 5.97 Å². The molecule has 0 radical (unpaired) electrons. The van der Waals surface area contributed by atoms with E-state index < -0.39 is 5.97 Å². The summed E-state index contributed by atoms with van der Waals surface area (Å²) in [5.41, 5.74) is 0. The zero-order valence-electron chi connectivity index (χ0n) is 7.62. The van der Waals surface area contributed by atoms with Crippen molar-refractivity contribution in [1.29, 1.82) is 0 Å². The number of aliphatic carboxylic acids is 1. The second kappa shape index (κ2) is 4.45. The summed E-state index contributed by atoms with van der Waals surface area (Å²) in [6.45, 7) is 5.20. The molecule has 1 rings (SSSR count). The van der Waals surface area contributed by atoms with Crippen LogP contribution in [0.5, 0.6) is 0 Å². The first-order chi connectivity index (χ1) is 5.74. The summed E-state index contributed by atoms with van der Waals surface area (Å²) in [5, 5.41) is 8.80. The predicted octanol–water partition coefficient (Wildman–Crippen LogP) is 1.19. The summed E-state index contributed by atoms with van der Waals surface area (Å²) in [5.74, 6) is -0.713. The van der Waals surface area contributed by atoms with E-state index in [1.807, 2.05) is 0 Å². The fourth-order valence-corrected chi connectivity index (χ4v) is 1.72. The van der Waals surface area contributed by atoms with Crippen LogP contribution in [0.15, 0.2) is 0 Å². The van der Waals surface area contributed by atoms with Crippen LogP contribution < -0.4 is 0 Å². The van der Waals surface area contributed by atoms with Crippen LogP contribution in [0.4, 0.5) is 0 Å². The van der Waals surface area contributed by atoms with Crippen molar-refractivity contribution in [2.24, 2.45) is 5.92 Å². The lowest BCUT2D eigenvalue weighted by atomic mass is 10.0. The lowest BCUT2D eigenvalue weighted by molar-refractivity contribution is -0.142. The molecule has 0 aliphatic carbocycles. The molecule has 0 aromatic heterocycles. The van der Waals surface area contributed by atoms with Gasteiger partial charge in [-0.05, 0) is 38.9 Å². The molecule has 0 aromatic carbocycles. The molecule has 1 N–H and O–H groups in total. The fourth-order valence-electron chi connectivity index (χ4n) is 1.72. The number of hydrogen-bond acceptors (Lipinski definition) is 2. The third-order valence-corrected chi connectivity index (χ3v) is 2.62. The Kier molecular flexibility index (Phi) is 3.53. The van der Waals surface area contributed by atoms with Crippen LogP contribution in [0.3, 0.4) is 0 Å². The van der Waals surface area contributed by atoms with Crippen LogP contribution in [0.25, 0.3) is 0 Å². The van der Waals surface area contributed by atoms with Gasteiger partial charge in [-0.3, -0.25) is 4.79 Å². The first-order valence-corrected chi connectivity index (χ1v) is 4.69. The van der Waals surface area contributed by atoms with Crippen molar-refractivity contribution >= 4 is 5.97 Å². The normalized spacial score (nSPS) is 26.6. The molecular weight excluding hydrogens is 154 g/mol. The van der Waals surface area contributed by atoms with Gasteiger partial charge in [-0.1, -0.05) is 6.92 Å². The van der Waals surface area contributed by atoms with Crippen LogP contribution in [0.1, 0.15) is 26.2 Å². The van der Waals surface area contributed by atoms with Crippen LogP contribution in [0, 0.1) is 5.92 Å². The molecule has 1 saturated heterocycles. The highest BCUT2D eigenvalue weighted by Crippen LogP contribution is 2.16. The van der Waals surface area contributed by atoms with Crippen molar-refractivity contribution in [2.75, 3.05) is 19.6 Å². The molecule has 0 aromatic rings. The van der Waals surface area contributed by atoms with E-state index in [9.17, 15) is 4.79 Å². The SMILES string of the molecule is CCN1CCCC(C(=O)O)CC1. The number of rotatable bonds is 2. The molecule has 1 unspecified atom stereocenters. The maximum atomic E-state index is 10.7. The number of carboxylic acid groups (broad SMARTS) is 1. The van der Waals surface area contributed by atoms with Crippen molar-refractivity contribution in [3.8, 4) is 0 Å². The minimum Gasteiger partial charge on any atom is -0.481 e. The van der Waals surface area contributed by atoms with Gasteiger partial charge in [0.2, 0.25) is 0 Å². The Hall–Kier alpha value is -0.570. The standard InChI is InChI=1S/C9H17NO2/c1-2-10-6-3-4-8(5-7-10)9(11)12/h8H,2-7H2,1H3,(H,11,12). The zero-order chi connectivity index (χ0) is 8.97. The molecule has 70 valence electrons. The summed E-state index contributed by atoms with van der Waals surface area (Å²) in [7, 11) is 0. The van der Waals surface area contributed by atoms with Crippen LogP contribution in [-0.2, 0) is 4.79 Å². The molecule has 1 heterocycles. The summed E-state index contributed by atoms with van der Waals surface area (Å²) >= 11 is 0. The highest BCUT2D eigenvalue weighted by atomic mass is 16.4. The first kappa shape index (κ1) is 9.52. The second-order valence-electron chi connectivity index (χ2n) is 3.40. The van der Waals surface area contributed by atoms with Gasteiger partial charge in [0.25, 0.3) is 0 Å². The first-order valence-electron chi connectivity index (χ1n) is 4.69. The number of nitrogens with zero attached hydrogens (tertiary/aromatic N) is 1. The molecular formula is C9H17NO2. The minimum atomic E-state index is -0.618. The van der Waals surface area contributed by atoms with E-state index in [1.165, 1.54) is 0 Å². The smallest absolute Gasteiger partial charge is 0.306 e. The van der Waals surface area contributed by atoms with Crippen molar-refractivity contribution in [2.45, 2.75) is 26.2 Å². The van der Waals surface area contributed by atoms with E-state index in [2.05, 4.69) is 11.8 Å². The molecule has 0 saturated carbocycles. The lowest BCUT2D eigenvalue weighted by Gasteiger charge is -2.16. The van der Waals surface area contributed by atoms with Gasteiger partial charge in [0, 0.05) is 0 Å². The summed E-state index contributed by atoms with van der Waals surface area (Å²) < 4.78 is 0. The van der Waals surface area contributed by atoms with E-state index in [-0.39, 0.29) is 5.92 Å². The van der Waals surface area contributed by atoms with E-state index in [0.717, 1.165) is 38.9 Å². The van der Waals surface area contributed by atoms with Crippen LogP contribution >= 0.6 is 0 Å². The number of carboxylic acids is 1. The van der Waals surface area contributed by atoms with Crippen molar-refractivity contribution in [1.82, 2.24) is 4.90 Å². The Labute approximate surface area is 73.4 Å². The van der Waals surface area contributed by atoms with Gasteiger partial charge in [0.05, 0.1) is 5.92 Å². The second-order valence-corrected chi connectivity index (χ2v) is 3.40. The number of carbonyl (C=O) groups is 1. The van der Waals surface area contributed by atoms with Crippen LogP contribution in [-0.4, -0.2) is 35.6 Å². The zero-order valence-corrected chi connectivity index (χ0v) is 7.62. The molecule has 1 atom stereocenters. The largest absolute Gasteiger partial charge is 0.481 e. The topological polar surface area (TPSA) is 40.5 Å². The molecule has 12 heavy (non-hydrogen) atoms. The Morgan fingerprint density at radius 2 is 2.25 bits per heavy atom. The summed E-state index contributed by atoms with van der Waals surface area (Å²) in [6.07, 6.45) is 2.71. The van der Waals surface area contributed by atoms with Crippen molar-refractivity contribution in [3.05, 3.63) is 0 Å². The highest BCUT2D eigenvalue weighted by Gasteiger charge is 2.21. The molecule has 1 aliphatic heterocycles. The average Bonchev–Trinajstić information content (AvgIpc) is 2.28. The van der Waals surface area contributed by atoms with E-state index >= 15 is 0 Å². The number of likely N-dealkylation sites (tertiary alicyclic amines) is 1. The third kappa shape index (κ3) is 2.48. The monoisotopic (exact) mass is 171 g/mol. The van der Waals surface area contributed by atoms with Gasteiger partial charge in [-0.15, -0.1) is 0 Å². The Morgan fingerprint density at radius 3 is 2.83 bits per heavy atom. The van der Waals surface area contributed by atoms with Gasteiger partial charge in [0.15, 0.2) is 0 Å². The number of hydrogen-bond donors (Lipinski definition) is 1. The maximum absolute atomic E-state index is 10.7. The van der Waals surface area contributed by atoms with Crippen LogP contribution in [0.2, 0.25) is 0 Å². The maximum Gasteiger partial charge on any atom is 0.306 e. The summed E-state index contributed by atoms with van der Waals surface area (Å²) in [4.78, 5) is 13.0. The molecule has 3 nitrogen and oxygen atoms in total. The van der Waals surface area contributed by atoms with Crippen molar-refractivity contribution < 1.29 is 9.90 Å². The summed E-state index contributed by atoms with van der Waals surface area (Å²) in [6, 6.07) is 0. The molecule has 1 aliphatic rings. The molecule has 0 amide bonds. The average molecular weight is 171 g/mol. The quantitative estimate of drug-likeness (QED) is 0.678. The van der Waals surface area contributed by atoms with E-state index in [0.29, 0.717) is 0 Å². The Morgan fingerprint density at radius 1 is 1.50 bits per heavy atom. The minimum absolute atomic E-state index is 0.0958. The molecule has 1 fully saturated rings. The molecule has 0 spiro atoms. The Balaban J connectivity index is 2.39. The highest BCUT2D eigenvalue weighted by molar-refractivity contribution is 5.69. The van der Waals surface area contributed by atoms with Gasteiger partial charge in [-0.2, -0.15) is 0 Å². The van der Waals surface area contributed by atoms with Crippen molar-refractivity contribution in [3.63, 3.8) is 0 Å². The third-order valence-electron chi connectivity index (χ3n) is 2.62. The molecule has 0 bridgehead atoms. The Bertz CT molecular complexity index is 159.